The van der Waals surface area contributed by atoms with Gasteiger partial charge in [0.05, 0.1) is 0 Å². The van der Waals surface area contributed by atoms with E-state index in [9.17, 15) is 0 Å². The molecule has 0 fully saturated rings. The van der Waals surface area contributed by atoms with Gasteiger partial charge in [-0.3, -0.25) is 0 Å². The van der Waals surface area contributed by atoms with E-state index in [1.807, 2.05) is 25.1 Å². The van der Waals surface area contributed by atoms with Crippen LogP contribution in [0.4, 0.5) is 5.69 Å². The molecule has 3 heteroatoms. The highest BCUT2D eigenvalue weighted by Gasteiger charge is 2.03. The Hall–Kier alpha value is -1.06. The standard InChI is InChI=1S/C9H15N3/c1-6-2-3-7(4-8(6)11)9(12)5-10/h2-4,9H,5,10-12H2,1H3/t9-/m1/s1. The Kier molecular flexibility index (Phi) is 2.68. The topological polar surface area (TPSA) is 78.1 Å². The van der Waals surface area contributed by atoms with Gasteiger partial charge < -0.3 is 17.2 Å². The molecule has 6 N–H and O–H groups in total. The van der Waals surface area contributed by atoms with Crippen LogP contribution in [0.3, 0.4) is 0 Å². The first-order valence-electron chi connectivity index (χ1n) is 3.97. The molecule has 1 aromatic carbocycles. The Morgan fingerprint density at radius 2 is 2.08 bits per heavy atom. The Balaban J connectivity index is 2.96. The third kappa shape index (κ3) is 1.75. The molecule has 3 nitrogen and oxygen atoms in total. The Labute approximate surface area is 72.5 Å². The van der Waals surface area contributed by atoms with Crippen LogP contribution in [0.25, 0.3) is 0 Å². The highest BCUT2D eigenvalue weighted by Crippen LogP contribution is 2.16. The lowest BCUT2D eigenvalue weighted by Gasteiger charge is -2.10. The van der Waals surface area contributed by atoms with E-state index in [2.05, 4.69) is 0 Å². The zero-order valence-electron chi connectivity index (χ0n) is 7.25. The predicted molar refractivity (Wildman–Crippen MR) is 51.6 cm³/mol. The van der Waals surface area contributed by atoms with E-state index in [1.54, 1.807) is 0 Å². The summed E-state index contributed by atoms with van der Waals surface area (Å²) < 4.78 is 0. The average Bonchev–Trinajstić information content (AvgIpc) is 2.08. The molecule has 0 unspecified atom stereocenters. The molecule has 0 aliphatic carbocycles. The molecule has 0 radical (unpaired) electrons. The summed E-state index contributed by atoms with van der Waals surface area (Å²) in [6, 6.07) is 5.70. The first kappa shape index (κ1) is 9.03. The highest BCUT2D eigenvalue weighted by molar-refractivity contribution is 5.48. The van der Waals surface area contributed by atoms with Gasteiger partial charge in [0.25, 0.3) is 0 Å². The lowest BCUT2D eigenvalue weighted by molar-refractivity contribution is 0.737. The number of hydrogen-bond acceptors (Lipinski definition) is 3. The van der Waals surface area contributed by atoms with Crippen LogP contribution in [-0.4, -0.2) is 6.54 Å². The van der Waals surface area contributed by atoms with Crippen molar-refractivity contribution < 1.29 is 0 Å². The number of hydrogen-bond donors (Lipinski definition) is 3. The predicted octanol–water partition coefficient (Wildman–Crippen LogP) is 0.536. The zero-order valence-corrected chi connectivity index (χ0v) is 7.25. The van der Waals surface area contributed by atoms with E-state index in [0.29, 0.717) is 6.54 Å². The monoisotopic (exact) mass is 165 g/mol. The van der Waals surface area contributed by atoms with Crippen molar-refractivity contribution in [3.63, 3.8) is 0 Å². The van der Waals surface area contributed by atoms with Crippen molar-refractivity contribution in [1.82, 2.24) is 0 Å². The maximum absolute atomic E-state index is 5.73. The molecule has 0 spiro atoms. The Morgan fingerprint density at radius 1 is 1.42 bits per heavy atom. The van der Waals surface area contributed by atoms with Gasteiger partial charge in [0.15, 0.2) is 0 Å². The molecule has 0 aliphatic rings. The van der Waals surface area contributed by atoms with Gasteiger partial charge in [0.2, 0.25) is 0 Å². The summed E-state index contributed by atoms with van der Waals surface area (Å²) in [6.45, 7) is 2.41. The summed E-state index contributed by atoms with van der Waals surface area (Å²) in [5.74, 6) is 0. The summed E-state index contributed by atoms with van der Waals surface area (Å²) in [5, 5.41) is 0. The number of nitrogen functional groups attached to an aromatic ring is 1. The van der Waals surface area contributed by atoms with Gasteiger partial charge in [-0.15, -0.1) is 0 Å². The van der Waals surface area contributed by atoms with Crippen LogP contribution in [0.2, 0.25) is 0 Å². The van der Waals surface area contributed by atoms with Crippen molar-refractivity contribution in [2.24, 2.45) is 11.5 Å². The summed E-state index contributed by atoms with van der Waals surface area (Å²) >= 11 is 0. The lowest BCUT2D eigenvalue weighted by atomic mass is 10.0. The molecule has 0 aliphatic heterocycles. The molecule has 0 amide bonds. The summed E-state index contributed by atoms with van der Waals surface area (Å²) in [4.78, 5) is 0. The molecule has 12 heavy (non-hydrogen) atoms. The van der Waals surface area contributed by atoms with Crippen LogP contribution >= 0.6 is 0 Å². The summed E-state index contributed by atoms with van der Waals surface area (Å²) in [6.07, 6.45) is 0. The number of rotatable bonds is 2. The van der Waals surface area contributed by atoms with Gasteiger partial charge in [-0.05, 0) is 24.1 Å². The average molecular weight is 165 g/mol. The first-order valence-corrected chi connectivity index (χ1v) is 3.97. The minimum atomic E-state index is -0.104. The van der Waals surface area contributed by atoms with Crippen LogP contribution in [-0.2, 0) is 0 Å². The number of aryl methyl sites for hydroxylation is 1. The fraction of sp³-hybridized carbons (Fsp3) is 0.333. The molecule has 0 saturated heterocycles. The minimum Gasteiger partial charge on any atom is -0.399 e. The van der Waals surface area contributed by atoms with Gasteiger partial charge in [-0.1, -0.05) is 12.1 Å². The van der Waals surface area contributed by atoms with E-state index >= 15 is 0 Å². The minimum absolute atomic E-state index is 0.104. The van der Waals surface area contributed by atoms with E-state index in [4.69, 9.17) is 17.2 Å². The van der Waals surface area contributed by atoms with E-state index < -0.39 is 0 Å². The van der Waals surface area contributed by atoms with Crippen molar-refractivity contribution in [1.29, 1.82) is 0 Å². The van der Waals surface area contributed by atoms with Crippen LogP contribution in [0.15, 0.2) is 18.2 Å². The second-order valence-corrected chi connectivity index (χ2v) is 2.96. The molecular weight excluding hydrogens is 150 g/mol. The maximum Gasteiger partial charge on any atom is 0.0420 e. The van der Waals surface area contributed by atoms with E-state index in [1.165, 1.54) is 0 Å². The molecule has 1 aromatic rings. The SMILES string of the molecule is Cc1ccc([C@H](N)CN)cc1N. The largest absolute Gasteiger partial charge is 0.399 e. The molecule has 1 atom stereocenters. The van der Waals surface area contributed by atoms with Crippen LogP contribution in [0.1, 0.15) is 17.2 Å². The maximum atomic E-state index is 5.73. The third-order valence-corrected chi connectivity index (χ3v) is 1.99. The molecule has 66 valence electrons. The van der Waals surface area contributed by atoms with E-state index in [-0.39, 0.29) is 6.04 Å². The number of benzene rings is 1. The van der Waals surface area contributed by atoms with Gasteiger partial charge >= 0.3 is 0 Å². The van der Waals surface area contributed by atoms with Crippen molar-refractivity contribution in [2.75, 3.05) is 12.3 Å². The summed E-state index contributed by atoms with van der Waals surface area (Å²) in [5.41, 5.74) is 19.7. The van der Waals surface area contributed by atoms with Crippen LogP contribution in [0.5, 0.6) is 0 Å². The fourth-order valence-electron chi connectivity index (χ4n) is 1.03. The van der Waals surface area contributed by atoms with Crippen LogP contribution < -0.4 is 17.2 Å². The van der Waals surface area contributed by atoms with Gasteiger partial charge in [0.1, 0.15) is 0 Å². The Bertz CT molecular complexity index is 270. The normalized spacial score (nSPS) is 12.9. The molecule has 0 aromatic heterocycles. The number of nitrogens with two attached hydrogens (primary N) is 3. The highest BCUT2D eigenvalue weighted by atomic mass is 14.7. The van der Waals surface area contributed by atoms with Gasteiger partial charge in [0, 0.05) is 18.3 Å². The molecular formula is C9H15N3. The quantitative estimate of drug-likeness (QED) is 0.559. The fourth-order valence-corrected chi connectivity index (χ4v) is 1.03. The Morgan fingerprint density at radius 3 is 2.58 bits per heavy atom. The second-order valence-electron chi connectivity index (χ2n) is 2.96. The van der Waals surface area contributed by atoms with Gasteiger partial charge in [-0.2, -0.15) is 0 Å². The lowest BCUT2D eigenvalue weighted by Crippen LogP contribution is -2.20. The molecule has 0 heterocycles. The third-order valence-electron chi connectivity index (χ3n) is 1.99. The van der Waals surface area contributed by atoms with Crippen LogP contribution in [0, 0.1) is 6.92 Å². The van der Waals surface area contributed by atoms with E-state index in [0.717, 1.165) is 16.8 Å². The zero-order chi connectivity index (χ0) is 9.14. The van der Waals surface area contributed by atoms with Crippen molar-refractivity contribution in [3.05, 3.63) is 29.3 Å². The first-order chi connectivity index (χ1) is 5.65. The van der Waals surface area contributed by atoms with Crippen molar-refractivity contribution in [2.45, 2.75) is 13.0 Å². The number of anilines is 1. The molecule has 0 bridgehead atoms. The molecule has 1 rings (SSSR count). The summed E-state index contributed by atoms with van der Waals surface area (Å²) in [7, 11) is 0. The van der Waals surface area contributed by atoms with Gasteiger partial charge in [-0.25, -0.2) is 0 Å². The van der Waals surface area contributed by atoms with Crippen molar-refractivity contribution in [3.8, 4) is 0 Å². The second kappa shape index (κ2) is 3.56. The smallest absolute Gasteiger partial charge is 0.0420 e. The molecule has 0 saturated carbocycles. The van der Waals surface area contributed by atoms with Crippen molar-refractivity contribution >= 4 is 5.69 Å².